The molecule has 0 spiro atoms. The average molecular weight is 313 g/mol. The molecule has 21 heavy (non-hydrogen) atoms. The molecule has 1 rings (SSSR count). The van der Waals surface area contributed by atoms with Crippen LogP contribution in [0, 0.1) is 5.92 Å². The van der Waals surface area contributed by atoms with E-state index in [0.717, 1.165) is 11.3 Å². The van der Waals surface area contributed by atoms with Gasteiger partial charge in [0.25, 0.3) is 0 Å². The number of rotatable bonds is 8. The Morgan fingerprint density at radius 1 is 1.24 bits per heavy atom. The molecule has 0 saturated heterocycles. The zero-order chi connectivity index (χ0) is 16.0. The van der Waals surface area contributed by atoms with Crippen LogP contribution >= 0.6 is 0 Å². The van der Waals surface area contributed by atoms with Crippen molar-refractivity contribution < 1.29 is 13.2 Å². The van der Waals surface area contributed by atoms with E-state index in [2.05, 4.69) is 5.32 Å². The number of sulfone groups is 1. The molecule has 0 radical (unpaired) electrons. The fourth-order valence-electron chi connectivity index (χ4n) is 2.18. The molecule has 2 atom stereocenters. The number of benzene rings is 1. The number of methoxy groups -OCH3 is 1. The summed E-state index contributed by atoms with van der Waals surface area (Å²) in [6, 6.07) is 7.36. The fraction of sp³-hybridized carbons (Fsp3) is 0.625. The van der Waals surface area contributed by atoms with Gasteiger partial charge in [-0.2, -0.15) is 0 Å². The summed E-state index contributed by atoms with van der Waals surface area (Å²) in [6.07, 6.45) is 0. The second kappa shape index (κ2) is 7.80. The number of hydrogen-bond donors (Lipinski definition) is 1. The summed E-state index contributed by atoms with van der Waals surface area (Å²) in [6.45, 7) is 8.36. The van der Waals surface area contributed by atoms with Crippen molar-refractivity contribution in [1.82, 2.24) is 5.32 Å². The predicted molar refractivity (Wildman–Crippen MR) is 87.5 cm³/mol. The van der Waals surface area contributed by atoms with Crippen LogP contribution in [0.3, 0.4) is 0 Å². The summed E-state index contributed by atoms with van der Waals surface area (Å²) < 4.78 is 30.2. The molecule has 0 saturated carbocycles. The van der Waals surface area contributed by atoms with Crippen molar-refractivity contribution in [1.29, 1.82) is 0 Å². The van der Waals surface area contributed by atoms with Crippen molar-refractivity contribution in [3.8, 4) is 5.75 Å². The van der Waals surface area contributed by atoms with E-state index in [9.17, 15) is 8.42 Å². The number of hydrogen-bond acceptors (Lipinski definition) is 4. The van der Waals surface area contributed by atoms with Gasteiger partial charge >= 0.3 is 0 Å². The standard InChI is InChI=1S/C16H27NO3S/c1-6-17-16(11-21(18,19)13(4)12(2)3)14-8-7-9-15(10-14)20-5/h7-10,12-13,16-17H,6,11H2,1-5H3. The van der Waals surface area contributed by atoms with Gasteiger partial charge in [0, 0.05) is 6.04 Å². The minimum atomic E-state index is -3.15. The Hall–Kier alpha value is -1.07. The maximum atomic E-state index is 12.5. The molecule has 0 amide bonds. The van der Waals surface area contributed by atoms with Crippen molar-refractivity contribution in [2.24, 2.45) is 5.92 Å². The second-order valence-corrected chi connectivity index (χ2v) is 8.07. The quantitative estimate of drug-likeness (QED) is 0.802. The molecule has 2 unspecified atom stereocenters. The lowest BCUT2D eigenvalue weighted by molar-refractivity contribution is 0.413. The summed E-state index contributed by atoms with van der Waals surface area (Å²) in [5, 5.41) is 2.92. The van der Waals surface area contributed by atoms with Crippen LogP contribution in [0.5, 0.6) is 5.75 Å². The van der Waals surface area contributed by atoms with Crippen molar-refractivity contribution in [2.75, 3.05) is 19.4 Å². The van der Waals surface area contributed by atoms with Gasteiger partial charge in [-0.15, -0.1) is 0 Å². The largest absolute Gasteiger partial charge is 0.497 e. The van der Waals surface area contributed by atoms with Crippen LogP contribution in [0.4, 0.5) is 0 Å². The van der Waals surface area contributed by atoms with Gasteiger partial charge in [-0.05, 0) is 37.1 Å². The lowest BCUT2D eigenvalue weighted by atomic mass is 10.1. The third-order valence-corrected chi connectivity index (χ3v) is 6.33. The maximum absolute atomic E-state index is 12.5. The van der Waals surface area contributed by atoms with Crippen LogP contribution < -0.4 is 10.1 Å². The van der Waals surface area contributed by atoms with Crippen molar-refractivity contribution in [3.05, 3.63) is 29.8 Å². The van der Waals surface area contributed by atoms with Crippen LogP contribution in [0.2, 0.25) is 0 Å². The minimum Gasteiger partial charge on any atom is -0.497 e. The Morgan fingerprint density at radius 2 is 1.90 bits per heavy atom. The number of ether oxygens (including phenoxy) is 1. The molecule has 0 aliphatic carbocycles. The van der Waals surface area contributed by atoms with Gasteiger partial charge in [0.2, 0.25) is 0 Å². The van der Waals surface area contributed by atoms with E-state index in [0.29, 0.717) is 6.54 Å². The zero-order valence-corrected chi connectivity index (χ0v) is 14.4. The predicted octanol–water partition coefficient (Wildman–Crippen LogP) is 2.81. The average Bonchev–Trinajstić information content (AvgIpc) is 2.45. The Bertz CT molecular complexity index is 540. The maximum Gasteiger partial charge on any atom is 0.155 e. The Morgan fingerprint density at radius 3 is 2.43 bits per heavy atom. The SMILES string of the molecule is CCNC(CS(=O)(=O)C(C)C(C)C)c1cccc(OC)c1. The first-order chi connectivity index (χ1) is 9.81. The lowest BCUT2D eigenvalue weighted by Gasteiger charge is -2.23. The summed E-state index contributed by atoms with van der Waals surface area (Å²) in [5.41, 5.74) is 0.940. The molecule has 5 heteroatoms. The molecule has 0 aliphatic rings. The van der Waals surface area contributed by atoms with Crippen LogP contribution in [0.1, 0.15) is 39.3 Å². The van der Waals surface area contributed by atoms with E-state index in [1.54, 1.807) is 14.0 Å². The van der Waals surface area contributed by atoms with E-state index in [1.807, 2.05) is 45.0 Å². The minimum absolute atomic E-state index is 0.105. The van der Waals surface area contributed by atoms with E-state index in [4.69, 9.17) is 4.74 Å². The smallest absolute Gasteiger partial charge is 0.155 e. The van der Waals surface area contributed by atoms with Crippen LogP contribution in [0.15, 0.2) is 24.3 Å². The van der Waals surface area contributed by atoms with Crippen LogP contribution in [-0.2, 0) is 9.84 Å². The first-order valence-corrected chi connectivity index (χ1v) is 9.12. The van der Waals surface area contributed by atoms with Crippen LogP contribution in [0.25, 0.3) is 0 Å². The molecule has 1 aromatic carbocycles. The highest BCUT2D eigenvalue weighted by Gasteiger charge is 2.28. The molecule has 0 aromatic heterocycles. The van der Waals surface area contributed by atoms with Crippen LogP contribution in [-0.4, -0.2) is 33.1 Å². The van der Waals surface area contributed by atoms with Crippen molar-refractivity contribution >= 4 is 9.84 Å². The topological polar surface area (TPSA) is 55.4 Å². The molecule has 0 aliphatic heterocycles. The highest BCUT2D eigenvalue weighted by molar-refractivity contribution is 7.92. The first kappa shape index (κ1) is 18.0. The summed E-state index contributed by atoms with van der Waals surface area (Å²) in [4.78, 5) is 0. The molecule has 0 bridgehead atoms. The Labute approximate surface area is 128 Å². The van der Waals surface area contributed by atoms with Gasteiger partial charge < -0.3 is 10.1 Å². The van der Waals surface area contributed by atoms with Crippen molar-refractivity contribution in [2.45, 2.75) is 39.0 Å². The summed E-state index contributed by atoms with van der Waals surface area (Å²) >= 11 is 0. The van der Waals surface area contributed by atoms with Gasteiger partial charge in [-0.25, -0.2) is 8.42 Å². The molecule has 1 aromatic rings. The zero-order valence-electron chi connectivity index (χ0n) is 13.6. The van der Waals surface area contributed by atoms with E-state index < -0.39 is 9.84 Å². The molecular formula is C16H27NO3S. The van der Waals surface area contributed by atoms with E-state index >= 15 is 0 Å². The normalized spacial score (nSPS) is 15.0. The Balaban J connectivity index is 3.02. The third-order valence-electron chi connectivity index (χ3n) is 3.85. The van der Waals surface area contributed by atoms with Crippen molar-refractivity contribution in [3.63, 3.8) is 0 Å². The van der Waals surface area contributed by atoms with E-state index in [1.165, 1.54) is 0 Å². The van der Waals surface area contributed by atoms with Gasteiger partial charge in [0.1, 0.15) is 5.75 Å². The van der Waals surface area contributed by atoms with Gasteiger partial charge in [-0.1, -0.05) is 32.9 Å². The summed E-state index contributed by atoms with van der Waals surface area (Å²) in [5.74, 6) is 0.958. The third kappa shape index (κ3) is 5.00. The molecule has 120 valence electrons. The highest BCUT2D eigenvalue weighted by Crippen LogP contribution is 2.23. The second-order valence-electron chi connectivity index (χ2n) is 5.67. The molecule has 4 nitrogen and oxygen atoms in total. The van der Waals surface area contributed by atoms with Gasteiger partial charge in [0.05, 0.1) is 18.1 Å². The summed E-state index contributed by atoms with van der Waals surface area (Å²) in [7, 11) is -1.54. The monoisotopic (exact) mass is 313 g/mol. The number of nitrogens with one attached hydrogen (secondary N) is 1. The molecule has 0 heterocycles. The molecule has 0 fully saturated rings. The molecule has 1 N–H and O–H groups in total. The highest BCUT2D eigenvalue weighted by atomic mass is 32.2. The van der Waals surface area contributed by atoms with Gasteiger partial charge in [0.15, 0.2) is 9.84 Å². The van der Waals surface area contributed by atoms with E-state index in [-0.39, 0.29) is 23.0 Å². The first-order valence-electron chi connectivity index (χ1n) is 7.40. The fourth-order valence-corrected chi connectivity index (χ4v) is 4.08. The van der Waals surface area contributed by atoms with Gasteiger partial charge in [-0.3, -0.25) is 0 Å². The Kier molecular flexibility index (Phi) is 6.68. The molecular weight excluding hydrogens is 286 g/mol. The lowest BCUT2D eigenvalue weighted by Crippen LogP contribution is -2.34.